The average Bonchev–Trinajstić information content (AvgIpc) is 3.59. The Morgan fingerprint density at radius 2 is 1.85 bits per heavy atom. The number of hydrogen-bond acceptors (Lipinski definition) is 7. The standard InChI is InChI=1S/C28H21F2N7OS/c1-37-15-36-23-12-32-22-7-5-17(10-19(22)26(23)37)24-13-33-25(39-24)14-34-27-18(3-2-8-31-27)28(38)35-11-16-4-6-20(29)21(30)9-16/h2-10,12-13,15H,11,14H2,1H3,(H,31,34)(H,35,38). The predicted molar refractivity (Wildman–Crippen MR) is 146 cm³/mol. The summed E-state index contributed by atoms with van der Waals surface area (Å²) in [5, 5.41) is 7.75. The molecule has 1 amide bonds. The van der Waals surface area contributed by atoms with E-state index in [1.165, 1.54) is 17.4 Å². The normalized spacial score (nSPS) is 11.3. The van der Waals surface area contributed by atoms with Crippen LogP contribution < -0.4 is 10.6 Å². The fraction of sp³-hybridized carbons (Fsp3) is 0.107. The summed E-state index contributed by atoms with van der Waals surface area (Å²) in [5.41, 5.74) is 4.57. The highest BCUT2D eigenvalue weighted by Gasteiger charge is 2.14. The van der Waals surface area contributed by atoms with Crippen LogP contribution in [0.3, 0.4) is 0 Å². The lowest BCUT2D eigenvalue weighted by Crippen LogP contribution is -2.24. The lowest BCUT2D eigenvalue weighted by Gasteiger charge is -2.10. The number of anilines is 1. The van der Waals surface area contributed by atoms with Crippen molar-refractivity contribution in [3.05, 3.63) is 101 Å². The molecule has 4 heterocycles. The van der Waals surface area contributed by atoms with Crippen LogP contribution in [0.2, 0.25) is 0 Å². The Kier molecular flexibility index (Phi) is 6.41. The van der Waals surface area contributed by atoms with Crippen LogP contribution in [0, 0.1) is 11.6 Å². The molecule has 6 aromatic rings. The van der Waals surface area contributed by atoms with Crippen LogP contribution in [0.15, 0.2) is 73.4 Å². The molecule has 2 aromatic carbocycles. The van der Waals surface area contributed by atoms with Crippen molar-refractivity contribution in [2.24, 2.45) is 7.05 Å². The van der Waals surface area contributed by atoms with Gasteiger partial charge in [-0.2, -0.15) is 0 Å². The van der Waals surface area contributed by atoms with E-state index in [0.29, 0.717) is 23.5 Å². The van der Waals surface area contributed by atoms with Gasteiger partial charge in [-0.15, -0.1) is 11.3 Å². The van der Waals surface area contributed by atoms with Crippen molar-refractivity contribution in [2.75, 3.05) is 5.32 Å². The molecular weight excluding hydrogens is 520 g/mol. The summed E-state index contributed by atoms with van der Waals surface area (Å²) in [6.45, 7) is 0.416. The molecule has 194 valence electrons. The highest BCUT2D eigenvalue weighted by Crippen LogP contribution is 2.31. The molecule has 6 rings (SSSR count). The molecule has 0 unspecified atom stereocenters. The maximum atomic E-state index is 13.5. The number of rotatable bonds is 7. The molecule has 0 saturated carbocycles. The third kappa shape index (κ3) is 4.91. The number of halogens is 2. The molecule has 4 aromatic heterocycles. The van der Waals surface area contributed by atoms with E-state index in [4.69, 9.17) is 0 Å². The van der Waals surface area contributed by atoms with Crippen molar-refractivity contribution in [2.45, 2.75) is 13.1 Å². The first-order valence-corrected chi connectivity index (χ1v) is 12.8. The first-order valence-electron chi connectivity index (χ1n) is 12.0. The summed E-state index contributed by atoms with van der Waals surface area (Å²) in [7, 11) is 1.96. The number of aryl methyl sites for hydroxylation is 1. The van der Waals surface area contributed by atoms with Crippen LogP contribution in [0.1, 0.15) is 20.9 Å². The van der Waals surface area contributed by atoms with Crippen molar-refractivity contribution in [1.82, 2.24) is 29.8 Å². The largest absolute Gasteiger partial charge is 0.363 e. The zero-order valence-electron chi connectivity index (χ0n) is 20.7. The van der Waals surface area contributed by atoms with Crippen LogP contribution >= 0.6 is 11.3 Å². The van der Waals surface area contributed by atoms with Gasteiger partial charge >= 0.3 is 0 Å². The lowest BCUT2D eigenvalue weighted by molar-refractivity contribution is 0.0951. The number of hydrogen-bond donors (Lipinski definition) is 2. The van der Waals surface area contributed by atoms with Gasteiger partial charge in [0.1, 0.15) is 16.3 Å². The molecule has 0 aliphatic heterocycles. The van der Waals surface area contributed by atoms with Crippen LogP contribution in [0.25, 0.3) is 32.4 Å². The highest BCUT2D eigenvalue weighted by molar-refractivity contribution is 7.15. The number of nitrogens with one attached hydrogen (secondary N) is 2. The van der Waals surface area contributed by atoms with E-state index >= 15 is 0 Å². The van der Waals surface area contributed by atoms with Gasteiger partial charge in [0.25, 0.3) is 5.91 Å². The van der Waals surface area contributed by atoms with Crippen molar-refractivity contribution in [3.8, 4) is 10.4 Å². The van der Waals surface area contributed by atoms with E-state index in [9.17, 15) is 13.6 Å². The number of imidazole rings is 1. The third-order valence-electron chi connectivity index (χ3n) is 6.28. The Labute approximate surface area is 225 Å². The molecule has 0 saturated heterocycles. The maximum Gasteiger partial charge on any atom is 0.255 e. The highest BCUT2D eigenvalue weighted by atomic mass is 32.1. The van der Waals surface area contributed by atoms with Gasteiger partial charge in [-0.1, -0.05) is 12.1 Å². The van der Waals surface area contributed by atoms with Gasteiger partial charge in [0.05, 0.1) is 40.5 Å². The first kappa shape index (κ1) is 24.6. The summed E-state index contributed by atoms with van der Waals surface area (Å²) >= 11 is 1.54. The molecule has 8 nitrogen and oxygen atoms in total. The second-order valence-electron chi connectivity index (χ2n) is 8.88. The van der Waals surface area contributed by atoms with Crippen molar-refractivity contribution in [3.63, 3.8) is 0 Å². The molecule has 0 aliphatic rings. The van der Waals surface area contributed by atoms with Crippen LogP contribution in [-0.4, -0.2) is 30.4 Å². The first-order chi connectivity index (χ1) is 19.0. The van der Waals surface area contributed by atoms with Gasteiger partial charge in [0.2, 0.25) is 0 Å². The van der Waals surface area contributed by atoms with E-state index in [2.05, 4.69) is 36.6 Å². The number of aromatic nitrogens is 5. The van der Waals surface area contributed by atoms with Crippen molar-refractivity contribution in [1.29, 1.82) is 0 Å². The molecule has 11 heteroatoms. The summed E-state index contributed by atoms with van der Waals surface area (Å²) in [6.07, 6.45) is 6.98. The molecule has 0 aliphatic carbocycles. The fourth-order valence-corrected chi connectivity index (χ4v) is 5.19. The number of thiazole rings is 1. The quantitative estimate of drug-likeness (QED) is 0.279. The number of pyridine rings is 2. The summed E-state index contributed by atoms with van der Waals surface area (Å²) in [6, 6.07) is 12.9. The predicted octanol–water partition coefficient (Wildman–Crippen LogP) is 5.46. The van der Waals surface area contributed by atoms with Crippen LogP contribution in [0.5, 0.6) is 0 Å². The lowest BCUT2D eigenvalue weighted by atomic mass is 10.1. The Morgan fingerprint density at radius 3 is 2.72 bits per heavy atom. The molecule has 0 fully saturated rings. The third-order valence-corrected chi connectivity index (χ3v) is 7.32. The van der Waals surface area contributed by atoms with E-state index in [0.717, 1.165) is 49.5 Å². The summed E-state index contributed by atoms with van der Waals surface area (Å²) in [4.78, 5) is 31.6. The van der Waals surface area contributed by atoms with Gasteiger partial charge in [-0.25, -0.2) is 23.7 Å². The van der Waals surface area contributed by atoms with Gasteiger partial charge in [-0.05, 0) is 47.5 Å². The van der Waals surface area contributed by atoms with E-state index in [-0.39, 0.29) is 12.5 Å². The Hall–Kier alpha value is -4.77. The van der Waals surface area contributed by atoms with E-state index in [1.807, 2.05) is 29.9 Å². The Morgan fingerprint density at radius 1 is 0.949 bits per heavy atom. The van der Waals surface area contributed by atoms with Crippen LogP contribution in [0.4, 0.5) is 14.6 Å². The fourth-order valence-electron chi connectivity index (χ4n) is 4.33. The van der Waals surface area contributed by atoms with E-state index in [1.54, 1.807) is 30.9 Å². The molecule has 39 heavy (non-hydrogen) atoms. The molecule has 0 spiro atoms. The summed E-state index contributed by atoms with van der Waals surface area (Å²) in [5.74, 6) is -1.88. The zero-order valence-corrected chi connectivity index (χ0v) is 21.5. The minimum absolute atomic E-state index is 0.0482. The number of carbonyl (C=O) groups is 1. The minimum atomic E-state index is -0.959. The SMILES string of the molecule is Cn1cnc2cnc3ccc(-c4cnc(CNc5ncccc5C(=O)NCc5ccc(F)c(F)c5)s4)cc3c21. The van der Waals surface area contributed by atoms with Crippen molar-refractivity contribution < 1.29 is 13.6 Å². The monoisotopic (exact) mass is 541 g/mol. The zero-order chi connectivity index (χ0) is 26.9. The molecule has 0 radical (unpaired) electrons. The van der Waals surface area contributed by atoms with Gasteiger partial charge in [0, 0.05) is 31.4 Å². The van der Waals surface area contributed by atoms with Crippen molar-refractivity contribution >= 4 is 45.0 Å². The van der Waals surface area contributed by atoms with Gasteiger partial charge in [-0.3, -0.25) is 9.78 Å². The maximum absolute atomic E-state index is 13.5. The number of benzene rings is 2. The van der Waals surface area contributed by atoms with E-state index < -0.39 is 11.6 Å². The minimum Gasteiger partial charge on any atom is -0.363 e. The Balaban J connectivity index is 1.17. The second kappa shape index (κ2) is 10.2. The summed E-state index contributed by atoms with van der Waals surface area (Å²) < 4.78 is 28.6. The smallest absolute Gasteiger partial charge is 0.255 e. The van der Waals surface area contributed by atoms with Gasteiger partial charge < -0.3 is 15.2 Å². The number of carbonyl (C=O) groups excluding carboxylic acids is 1. The average molecular weight is 542 g/mol. The topological polar surface area (TPSA) is 97.6 Å². The molecule has 0 bridgehead atoms. The number of amides is 1. The number of nitrogens with zero attached hydrogens (tertiary/aromatic N) is 5. The van der Waals surface area contributed by atoms with Gasteiger partial charge in [0.15, 0.2) is 11.6 Å². The molecule has 2 N–H and O–H groups in total. The molecular formula is C28H21F2N7OS. The van der Waals surface area contributed by atoms with Crippen LogP contribution in [-0.2, 0) is 20.1 Å². The second-order valence-corrected chi connectivity index (χ2v) is 10.00. The molecule has 0 atom stereocenters. The Bertz CT molecular complexity index is 1850. The number of fused-ring (bicyclic) bond motifs is 3.